The first-order chi connectivity index (χ1) is 13.5. The molecule has 2 heterocycles. The SMILES string of the molecule is Cc1ccncc1C(=O)c1cnc(NCCCNC(=O)c2cccc(F)c2)s1. The molecule has 28 heavy (non-hydrogen) atoms. The van der Waals surface area contributed by atoms with Crippen LogP contribution in [0.3, 0.4) is 0 Å². The lowest BCUT2D eigenvalue weighted by atomic mass is 10.1. The number of ketones is 1. The average Bonchev–Trinajstić information content (AvgIpc) is 3.16. The van der Waals surface area contributed by atoms with Crippen LogP contribution >= 0.6 is 11.3 Å². The van der Waals surface area contributed by atoms with Gasteiger partial charge >= 0.3 is 0 Å². The Bertz CT molecular complexity index is 990. The zero-order valence-corrected chi connectivity index (χ0v) is 16.1. The number of aryl methyl sites for hydroxylation is 1. The summed E-state index contributed by atoms with van der Waals surface area (Å²) in [5, 5.41) is 6.52. The second kappa shape index (κ2) is 9.18. The van der Waals surface area contributed by atoms with E-state index in [4.69, 9.17) is 0 Å². The van der Waals surface area contributed by atoms with Gasteiger partial charge in [0.15, 0.2) is 5.13 Å². The van der Waals surface area contributed by atoms with E-state index in [1.807, 2.05) is 6.92 Å². The standard InChI is InChI=1S/C20H19FN4O2S/c1-13-6-9-22-11-16(13)18(26)17-12-25-20(28-17)24-8-3-7-23-19(27)14-4-2-5-15(21)10-14/h2,4-6,9-12H,3,7-8H2,1H3,(H,23,27)(H,24,25). The quantitative estimate of drug-likeness (QED) is 0.449. The molecule has 0 spiro atoms. The third-order valence-electron chi connectivity index (χ3n) is 4.02. The number of nitrogens with zero attached hydrogens (tertiary/aromatic N) is 2. The second-order valence-electron chi connectivity index (χ2n) is 6.10. The summed E-state index contributed by atoms with van der Waals surface area (Å²) in [4.78, 5) is 33.2. The van der Waals surface area contributed by atoms with E-state index in [9.17, 15) is 14.0 Å². The summed E-state index contributed by atoms with van der Waals surface area (Å²) in [7, 11) is 0. The van der Waals surface area contributed by atoms with Crippen LogP contribution in [0.25, 0.3) is 0 Å². The maximum Gasteiger partial charge on any atom is 0.251 e. The molecule has 8 heteroatoms. The number of amides is 1. The fraction of sp³-hybridized carbons (Fsp3) is 0.200. The monoisotopic (exact) mass is 398 g/mol. The molecule has 0 atom stereocenters. The minimum absolute atomic E-state index is 0.0986. The van der Waals surface area contributed by atoms with Crippen LogP contribution in [0.2, 0.25) is 0 Å². The van der Waals surface area contributed by atoms with Crippen LogP contribution in [0.5, 0.6) is 0 Å². The van der Waals surface area contributed by atoms with Gasteiger partial charge in [-0.25, -0.2) is 9.37 Å². The van der Waals surface area contributed by atoms with Crippen LogP contribution in [0.15, 0.2) is 48.9 Å². The predicted molar refractivity (Wildman–Crippen MR) is 106 cm³/mol. The van der Waals surface area contributed by atoms with E-state index in [0.717, 1.165) is 5.56 Å². The van der Waals surface area contributed by atoms with Gasteiger partial charge in [0.1, 0.15) is 5.82 Å². The van der Waals surface area contributed by atoms with Gasteiger partial charge in [-0.1, -0.05) is 17.4 Å². The van der Waals surface area contributed by atoms with Gasteiger partial charge in [0.25, 0.3) is 5.91 Å². The van der Waals surface area contributed by atoms with E-state index < -0.39 is 5.82 Å². The summed E-state index contributed by atoms with van der Waals surface area (Å²) < 4.78 is 13.1. The Morgan fingerprint density at radius 3 is 2.82 bits per heavy atom. The number of pyridine rings is 1. The Morgan fingerprint density at radius 1 is 1.18 bits per heavy atom. The first-order valence-electron chi connectivity index (χ1n) is 8.73. The van der Waals surface area contributed by atoms with Gasteiger partial charge in [0.05, 0.1) is 11.1 Å². The number of halogens is 1. The molecule has 3 aromatic rings. The fourth-order valence-corrected chi connectivity index (χ4v) is 3.31. The Kier molecular flexibility index (Phi) is 6.44. The number of anilines is 1. The van der Waals surface area contributed by atoms with Crippen LogP contribution in [0.1, 0.15) is 37.6 Å². The molecular weight excluding hydrogens is 379 g/mol. The Balaban J connectivity index is 1.44. The third kappa shape index (κ3) is 4.98. The first-order valence-corrected chi connectivity index (χ1v) is 9.55. The van der Waals surface area contributed by atoms with E-state index in [2.05, 4.69) is 20.6 Å². The number of aromatic nitrogens is 2. The summed E-state index contributed by atoms with van der Waals surface area (Å²) >= 11 is 1.28. The Morgan fingerprint density at radius 2 is 2.04 bits per heavy atom. The Hall–Kier alpha value is -3.13. The van der Waals surface area contributed by atoms with Crippen molar-refractivity contribution >= 4 is 28.2 Å². The summed E-state index contributed by atoms with van der Waals surface area (Å²) in [5.74, 6) is -0.850. The largest absolute Gasteiger partial charge is 0.361 e. The van der Waals surface area contributed by atoms with E-state index in [1.165, 1.54) is 29.5 Å². The van der Waals surface area contributed by atoms with Crippen molar-refractivity contribution in [2.75, 3.05) is 18.4 Å². The van der Waals surface area contributed by atoms with Crippen molar-refractivity contribution in [3.05, 3.63) is 76.3 Å². The minimum Gasteiger partial charge on any atom is -0.361 e. The maximum atomic E-state index is 13.1. The molecule has 0 saturated carbocycles. The predicted octanol–water partition coefficient (Wildman–Crippen LogP) is 3.45. The van der Waals surface area contributed by atoms with Gasteiger partial charge in [0, 0.05) is 36.6 Å². The van der Waals surface area contributed by atoms with Gasteiger partial charge in [-0.15, -0.1) is 0 Å². The number of carbonyl (C=O) groups excluding carboxylic acids is 2. The fourth-order valence-electron chi connectivity index (χ4n) is 2.51. The molecule has 0 radical (unpaired) electrons. The molecule has 144 valence electrons. The molecule has 0 aliphatic carbocycles. The number of thiazole rings is 1. The molecule has 0 saturated heterocycles. The van der Waals surface area contributed by atoms with Crippen molar-refractivity contribution in [1.29, 1.82) is 0 Å². The lowest BCUT2D eigenvalue weighted by Gasteiger charge is -2.06. The second-order valence-corrected chi connectivity index (χ2v) is 7.13. The van der Waals surface area contributed by atoms with Gasteiger partial charge in [-0.05, 0) is 43.2 Å². The van der Waals surface area contributed by atoms with E-state index in [1.54, 1.807) is 30.7 Å². The van der Waals surface area contributed by atoms with Crippen molar-refractivity contribution in [2.45, 2.75) is 13.3 Å². The number of nitrogens with one attached hydrogen (secondary N) is 2. The molecule has 2 aromatic heterocycles. The number of carbonyl (C=O) groups is 2. The minimum atomic E-state index is -0.440. The lowest BCUT2D eigenvalue weighted by molar-refractivity contribution is 0.0952. The van der Waals surface area contributed by atoms with Crippen molar-refractivity contribution in [3.8, 4) is 0 Å². The molecule has 6 nitrogen and oxygen atoms in total. The molecule has 1 aromatic carbocycles. The number of benzene rings is 1. The zero-order chi connectivity index (χ0) is 19.9. The molecule has 1 amide bonds. The maximum absolute atomic E-state index is 13.1. The van der Waals surface area contributed by atoms with Gasteiger partial charge in [0.2, 0.25) is 5.78 Å². The van der Waals surface area contributed by atoms with Gasteiger partial charge < -0.3 is 10.6 Å². The van der Waals surface area contributed by atoms with Gasteiger partial charge in [-0.3, -0.25) is 14.6 Å². The van der Waals surface area contributed by atoms with Crippen LogP contribution in [0, 0.1) is 12.7 Å². The highest BCUT2D eigenvalue weighted by molar-refractivity contribution is 7.17. The number of hydrogen-bond acceptors (Lipinski definition) is 6. The Labute approximate surface area is 165 Å². The summed E-state index contributed by atoms with van der Waals surface area (Å²) in [6.07, 6.45) is 5.42. The molecule has 3 rings (SSSR count). The normalized spacial score (nSPS) is 10.5. The van der Waals surface area contributed by atoms with Crippen molar-refractivity contribution in [3.63, 3.8) is 0 Å². The molecule has 2 N–H and O–H groups in total. The number of hydrogen-bond donors (Lipinski definition) is 2. The molecule has 0 aliphatic rings. The smallest absolute Gasteiger partial charge is 0.251 e. The first kappa shape index (κ1) is 19.6. The molecule has 0 unspecified atom stereocenters. The van der Waals surface area contributed by atoms with Gasteiger partial charge in [-0.2, -0.15) is 0 Å². The summed E-state index contributed by atoms with van der Waals surface area (Å²) in [6.45, 7) is 2.89. The third-order valence-corrected chi connectivity index (χ3v) is 4.97. The average molecular weight is 398 g/mol. The highest BCUT2D eigenvalue weighted by atomic mass is 32.1. The van der Waals surface area contributed by atoms with Crippen LogP contribution in [-0.2, 0) is 0 Å². The summed E-state index contributed by atoms with van der Waals surface area (Å²) in [6, 6.07) is 7.36. The highest BCUT2D eigenvalue weighted by Gasteiger charge is 2.15. The summed E-state index contributed by atoms with van der Waals surface area (Å²) in [5.41, 5.74) is 1.73. The van der Waals surface area contributed by atoms with E-state index in [0.29, 0.717) is 40.6 Å². The van der Waals surface area contributed by atoms with E-state index >= 15 is 0 Å². The molecular formula is C20H19FN4O2S. The number of rotatable bonds is 8. The molecule has 0 aliphatic heterocycles. The van der Waals surface area contributed by atoms with E-state index in [-0.39, 0.29) is 11.7 Å². The lowest BCUT2D eigenvalue weighted by Crippen LogP contribution is -2.25. The topological polar surface area (TPSA) is 84.0 Å². The van der Waals surface area contributed by atoms with Crippen molar-refractivity contribution in [2.24, 2.45) is 0 Å². The van der Waals surface area contributed by atoms with Crippen LogP contribution < -0.4 is 10.6 Å². The highest BCUT2D eigenvalue weighted by Crippen LogP contribution is 2.22. The molecule has 0 fully saturated rings. The molecule has 0 bridgehead atoms. The van der Waals surface area contributed by atoms with Crippen LogP contribution in [-0.4, -0.2) is 34.7 Å². The van der Waals surface area contributed by atoms with Crippen molar-refractivity contribution < 1.29 is 14.0 Å². The van der Waals surface area contributed by atoms with Crippen LogP contribution in [0.4, 0.5) is 9.52 Å². The van der Waals surface area contributed by atoms with Crippen molar-refractivity contribution in [1.82, 2.24) is 15.3 Å². The zero-order valence-electron chi connectivity index (χ0n) is 15.2.